The zero-order chi connectivity index (χ0) is 19.5. The highest BCUT2D eigenvalue weighted by atomic mass is 16.2. The van der Waals surface area contributed by atoms with Crippen LogP contribution in [0.25, 0.3) is 22.2 Å². The largest absolute Gasteiger partial charge is 0.322 e. The molecule has 28 heavy (non-hydrogen) atoms. The maximum absolute atomic E-state index is 12.6. The molecule has 0 saturated heterocycles. The SMILES string of the molecule is Cc1nn(CC(=O)Nc2cnc(-c3ccccc3)nc2)c(=O)c2ccccc12. The predicted molar refractivity (Wildman–Crippen MR) is 107 cm³/mol. The van der Waals surface area contributed by atoms with Crippen molar-refractivity contribution >= 4 is 22.4 Å². The molecule has 4 rings (SSSR count). The van der Waals surface area contributed by atoms with Gasteiger partial charge < -0.3 is 5.32 Å². The lowest BCUT2D eigenvalue weighted by Crippen LogP contribution is -2.30. The van der Waals surface area contributed by atoms with Crippen molar-refractivity contribution in [3.8, 4) is 11.4 Å². The molecule has 0 aliphatic heterocycles. The second-order valence-electron chi connectivity index (χ2n) is 6.30. The van der Waals surface area contributed by atoms with E-state index in [1.165, 1.54) is 17.1 Å². The second-order valence-corrected chi connectivity index (χ2v) is 6.30. The van der Waals surface area contributed by atoms with E-state index in [9.17, 15) is 9.59 Å². The summed E-state index contributed by atoms with van der Waals surface area (Å²) in [4.78, 5) is 33.5. The predicted octanol–water partition coefficient (Wildman–Crippen LogP) is 2.80. The van der Waals surface area contributed by atoms with Gasteiger partial charge in [0.15, 0.2) is 5.82 Å². The number of nitrogens with zero attached hydrogens (tertiary/aromatic N) is 4. The van der Waals surface area contributed by atoms with Crippen molar-refractivity contribution in [2.45, 2.75) is 13.5 Å². The number of aryl methyl sites for hydroxylation is 1. The van der Waals surface area contributed by atoms with Gasteiger partial charge in [-0.3, -0.25) is 9.59 Å². The summed E-state index contributed by atoms with van der Waals surface area (Å²) >= 11 is 0. The van der Waals surface area contributed by atoms with Gasteiger partial charge in [0.05, 0.1) is 29.2 Å². The molecule has 0 aliphatic rings. The summed E-state index contributed by atoms with van der Waals surface area (Å²) in [6.07, 6.45) is 3.07. The molecule has 0 atom stereocenters. The number of aromatic nitrogens is 4. The van der Waals surface area contributed by atoms with Crippen LogP contribution in [0.4, 0.5) is 5.69 Å². The van der Waals surface area contributed by atoms with Crippen LogP contribution in [-0.4, -0.2) is 25.7 Å². The summed E-state index contributed by atoms with van der Waals surface area (Å²) in [6, 6.07) is 16.8. The minimum absolute atomic E-state index is 0.190. The minimum Gasteiger partial charge on any atom is -0.322 e. The van der Waals surface area contributed by atoms with Gasteiger partial charge in [-0.05, 0) is 13.0 Å². The van der Waals surface area contributed by atoms with Crippen molar-refractivity contribution in [3.05, 3.63) is 83.0 Å². The first-order valence-corrected chi connectivity index (χ1v) is 8.75. The molecule has 7 nitrogen and oxygen atoms in total. The lowest BCUT2D eigenvalue weighted by molar-refractivity contribution is -0.117. The Morgan fingerprint density at radius 2 is 1.61 bits per heavy atom. The Morgan fingerprint density at radius 1 is 0.964 bits per heavy atom. The highest BCUT2D eigenvalue weighted by molar-refractivity contribution is 5.90. The van der Waals surface area contributed by atoms with Gasteiger partial charge in [-0.25, -0.2) is 14.6 Å². The first-order valence-electron chi connectivity index (χ1n) is 8.75. The van der Waals surface area contributed by atoms with Crippen LogP contribution >= 0.6 is 0 Å². The van der Waals surface area contributed by atoms with E-state index in [-0.39, 0.29) is 18.0 Å². The topological polar surface area (TPSA) is 89.8 Å². The smallest absolute Gasteiger partial charge is 0.275 e. The van der Waals surface area contributed by atoms with E-state index in [2.05, 4.69) is 20.4 Å². The number of fused-ring (bicyclic) bond motifs is 1. The van der Waals surface area contributed by atoms with Crippen molar-refractivity contribution in [1.29, 1.82) is 0 Å². The van der Waals surface area contributed by atoms with Crippen LogP contribution < -0.4 is 10.9 Å². The summed E-state index contributed by atoms with van der Waals surface area (Å²) in [5, 5.41) is 8.27. The van der Waals surface area contributed by atoms with E-state index < -0.39 is 0 Å². The quantitative estimate of drug-likeness (QED) is 0.596. The van der Waals surface area contributed by atoms with E-state index in [1.54, 1.807) is 12.1 Å². The van der Waals surface area contributed by atoms with Gasteiger partial charge in [0.2, 0.25) is 5.91 Å². The number of hydrogen-bond donors (Lipinski definition) is 1. The Kier molecular flexibility index (Phi) is 4.63. The van der Waals surface area contributed by atoms with Gasteiger partial charge in [-0.2, -0.15) is 5.10 Å². The highest BCUT2D eigenvalue weighted by Gasteiger charge is 2.11. The van der Waals surface area contributed by atoms with Crippen LogP contribution in [0, 0.1) is 6.92 Å². The fourth-order valence-electron chi connectivity index (χ4n) is 2.98. The fourth-order valence-corrected chi connectivity index (χ4v) is 2.98. The third kappa shape index (κ3) is 3.50. The van der Waals surface area contributed by atoms with E-state index in [4.69, 9.17) is 0 Å². The van der Waals surface area contributed by atoms with E-state index in [0.717, 1.165) is 10.9 Å². The molecular formula is C21H17N5O2. The van der Waals surface area contributed by atoms with Gasteiger partial charge in [0.1, 0.15) is 6.54 Å². The van der Waals surface area contributed by atoms with Gasteiger partial charge in [-0.15, -0.1) is 0 Å². The van der Waals surface area contributed by atoms with Crippen LogP contribution in [0.1, 0.15) is 5.69 Å². The maximum Gasteiger partial charge on any atom is 0.275 e. The minimum atomic E-state index is -0.375. The van der Waals surface area contributed by atoms with Gasteiger partial charge >= 0.3 is 0 Å². The monoisotopic (exact) mass is 371 g/mol. The molecule has 0 spiro atoms. The molecule has 0 unspecified atom stereocenters. The van der Waals surface area contributed by atoms with Crippen molar-refractivity contribution in [2.75, 3.05) is 5.32 Å². The Balaban J connectivity index is 1.51. The number of anilines is 1. The van der Waals surface area contributed by atoms with Gasteiger partial charge in [-0.1, -0.05) is 48.5 Å². The Hall–Kier alpha value is -3.87. The maximum atomic E-state index is 12.6. The Labute approximate surface area is 160 Å². The second kappa shape index (κ2) is 7.40. The molecule has 7 heteroatoms. The number of amides is 1. The van der Waals surface area contributed by atoms with Crippen LogP contribution in [0.15, 0.2) is 71.8 Å². The first kappa shape index (κ1) is 17.5. The van der Waals surface area contributed by atoms with Crippen molar-refractivity contribution < 1.29 is 4.79 Å². The normalized spacial score (nSPS) is 10.8. The Morgan fingerprint density at radius 3 is 2.32 bits per heavy atom. The molecule has 2 aromatic heterocycles. The molecule has 1 amide bonds. The molecule has 0 radical (unpaired) electrons. The standard InChI is InChI=1S/C21H17N5O2/c1-14-17-9-5-6-10-18(17)21(28)26(25-14)13-19(27)24-16-11-22-20(23-12-16)15-7-3-2-4-8-15/h2-12H,13H2,1H3,(H,24,27). The van der Waals surface area contributed by atoms with Crippen LogP contribution in [0.5, 0.6) is 0 Å². The molecule has 4 aromatic rings. The summed E-state index contributed by atoms with van der Waals surface area (Å²) in [5.74, 6) is 0.196. The lowest BCUT2D eigenvalue weighted by atomic mass is 10.1. The van der Waals surface area contributed by atoms with Crippen LogP contribution in [0.2, 0.25) is 0 Å². The summed E-state index contributed by atoms with van der Waals surface area (Å²) in [5.41, 5.74) is 1.74. The van der Waals surface area contributed by atoms with Crippen LogP contribution in [0.3, 0.4) is 0 Å². The molecular weight excluding hydrogens is 354 g/mol. The molecule has 2 heterocycles. The third-order valence-electron chi connectivity index (χ3n) is 4.31. The van der Waals surface area contributed by atoms with Gasteiger partial charge in [0.25, 0.3) is 5.56 Å². The molecule has 2 aromatic carbocycles. The number of carbonyl (C=O) groups is 1. The summed E-state index contributed by atoms with van der Waals surface area (Å²) in [7, 11) is 0. The van der Waals surface area contributed by atoms with E-state index in [1.807, 2.05) is 49.4 Å². The number of benzene rings is 2. The summed E-state index contributed by atoms with van der Waals surface area (Å²) in [6.45, 7) is 1.62. The molecule has 0 saturated carbocycles. The number of rotatable bonds is 4. The highest BCUT2D eigenvalue weighted by Crippen LogP contribution is 2.15. The zero-order valence-electron chi connectivity index (χ0n) is 15.2. The molecule has 1 N–H and O–H groups in total. The van der Waals surface area contributed by atoms with E-state index in [0.29, 0.717) is 22.6 Å². The van der Waals surface area contributed by atoms with Crippen molar-refractivity contribution in [3.63, 3.8) is 0 Å². The lowest BCUT2D eigenvalue weighted by Gasteiger charge is -2.09. The number of hydrogen-bond acceptors (Lipinski definition) is 5. The average Bonchev–Trinajstić information content (AvgIpc) is 2.73. The third-order valence-corrected chi connectivity index (χ3v) is 4.31. The number of nitrogens with one attached hydrogen (secondary N) is 1. The molecule has 0 fully saturated rings. The van der Waals surface area contributed by atoms with Crippen molar-refractivity contribution in [1.82, 2.24) is 19.7 Å². The van der Waals surface area contributed by atoms with Gasteiger partial charge in [0, 0.05) is 10.9 Å². The van der Waals surface area contributed by atoms with E-state index >= 15 is 0 Å². The zero-order valence-corrected chi connectivity index (χ0v) is 15.2. The molecule has 138 valence electrons. The van der Waals surface area contributed by atoms with Crippen LogP contribution in [-0.2, 0) is 11.3 Å². The fraction of sp³-hybridized carbons (Fsp3) is 0.0952. The molecule has 0 aliphatic carbocycles. The average molecular weight is 371 g/mol. The number of carbonyl (C=O) groups excluding carboxylic acids is 1. The Bertz CT molecular complexity index is 1200. The first-order chi connectivity index (χ1) is 13.6. The van der Waals surface area contributed by atoms with Crippen molar-refractivity contribution in [2.24, 2.45) is 0 Å². The summed E-state index contributed by atoms with van der Waals surface area (Å²) < 4.78 is 1.17. The molecule has 0 bridgehead atoms.